The van der Waals surface area contributed by atoms with Crippen LogP contribution < -0.4 is 10.6 Å². The zero-order valence-electron chi connectivity index (χ0n) is 17.6. The lowest BCUT2D eigenvalue weighted by molar-refractivity contribution is -0.150. The van der Waals surface area contributed by atoms with E-state index in [9.17, 15) is 14.4 Å². The summed E-state index contributed by atoms with van der Waals surface area (Å²) in [5.41, 5.74) is 0.691. The molecule has 1 atom stereocenters. The first-order valence-electron chi connectivity index (χ1n) is 9.48. The summed E-state index contributed by atoms with van der Waals surface area (Å²) >= 11 is 6.03. The number of esters is 1. The van der Waals surface area contributed by atoms with E-state index in [2.05, 4.69) is 15.8 Å². The van der Waals surface area contributed by atoms with Crippen LogP contribution in [-0.2, 0) is 19.7 Å². The van der Waals surface area contributed by atoms with Gasteiger partial charge in [0.15, 0.2) is 6.61 Å². The molecule has 0 bridgehead atoms. The molecule has 0 saturated carbocycles. The number of carbonyl (C=O) groups is 3. The van der Waals surface area contributed by atoms with Crippen molar-refractivity contribution in [2.75, 3.05) is 11.9 Å². The van der Waals surface area contributed by atoms with Crippen LogP contribution in [-0.4, -0.2) is 35.6 Å². The second-order valence-corrected chi connectivity index (χ2v) is 8.56. The molecule has 2 N–H and O–H groups in total. The van der Waals surface area contributed by atoms with Crippen molar-refractivity contribution in [3.8, 4) is 0 Å². The minimum atomic E-state index is -0.945. The van der Waals surface area contributed by atoms with Crippen LogP contribution in [0.3, 0.4) is 0 Å². The second kappa shape index (κ2) is 9.75. The quantitative estimate of drug-likeness (QED) is 0.643. The fraction of sp³-hybridized carbons (Fsp3) is 0.429. The van der Waals surface area contributed by atoms with E-state index < -0.39 is 30.4 Å². The van der Waals surface area contributed by atoms with E-state index >= 15 is 0 Å². The molecule has 0 aliphatic rings. The zero-order valence-corrected chi connectivity index (χ0v) is 18.4. The summed E-state index contributed by atoms with van der Waals surface area (Å²) in [6.07, 6.45) is 0. The number of anilines is 1. The zero-order chi connectivity index (χ0) is 22.5. The van der Waals surface area contributed by atoms with E-state index in [1.165, 1.54) is 0 Å². The number of benzene rings is 1. The topological polar surface area (TPSA) is 111 Å². The molecule has 9 heteroatoms. The molecule has 2 rings (SSSR count). The van der Waals surface area contributed by atoms with Gasteiger partial charge in [-0.2, -0.15) is 0 Å². The van der Waals surface area contributed by atoms with E-state index in [4.69, 9.17) is 20.9 Å². The standard InChI is InChI=1S/C21H26ClN3O5/c1-12(2)18(24-19(27)13-8-6-7-9-14(13)22)20(28)29-11-16(26)23-17-10-15(25-30-17)21(3,4)5/h6-10,12,18H,11H2,1-5H3,(H,23,26)(H,24,27). The van der Waals surface area contributed by atoms with Crippen LogP contribution in [0.25, 0.3) is 0 Å². The summed E-state index contributed by atoms with van der Waals surface area (Å²) < 4.78 is 10.2. The Balaban J connectivity index is 1.93. The van der Waals surface area contributed by atoms with Gasteiger partial charge in [0.25, 0.3) is 11.8 Å². The van der Waals surface area contributed by atoms with Gasteiger partial charge in [-0.1, -0.05) is 63.5 Å². The average molecular weight is 436 g/mol. The lowest BCUT2D eigenvalue weighted by atomic mass is 9.92. The molecule has 1 aromatic carbocycles. The molecule has 30 heavy (non-hydrogen) atoms. The third kappa shape index (κ3) is 6.32. The highest BCUT2D eigenvalue weighted by Gasteiger charge is 2.27. The number of rotatable bonds is 7. The number of carbonyl (C=O) groups excluding carboxylic acids is 3. The molecule has 0 aliphatic carbocycles. The van der Waals surface area contributed by atoms with E-state index in [-0.39, 0.29) is 27.8 Å². The van der Waals surface area contributed by atoms with Gasteiger partial charge in [0, 0.05) is 11.5 Å². The fourth-order valence-electron chi connectivity index (χ4n) is 2.45. The Morgan fingerprint density at radius 3 is 2.43 bits per heavy atom. The average Bonchev–Trinajstić information content (AvgIpc) is 3.13. The summed E-state index contributed by atoms with van der Waals surface area (Å²) in [5.74, 6) is -1.92. The van der Waals surface area contributed by atoms with Crippen LogP contribution in [0, 0.1) is 5.92 Å². The molecular weight excluding hydrogens is 410 g/mol. The third-order valence-corrected chi connectivity index (χ3v) is 4.54. The van der Waals surface area contributed by atoms with E-state index in [0.29, 0.717) is 5.69 Å². The molecule has 8 nitrogen and oxygen atoms in total. The molecule has 1 heterocycles. The molecule has 1 aromatic heterocycles. The first kappa shape index (κ1) is 23.4. The first-order valence-corrected chi connectivity index (χ1v) is 9.86. The van der Waals surface area contributed by atoms with Crippen LogP contribution in [0.15, 0.2) is 34.9 Å². The van der Waals surface area contributed by atoms with Gasteiger partial charge >= 0.3 is 5.97 Å². The highest BCUT2D eigenvalue weighted by Crippen LogP contribution is 2.23. The molecule has 162 valence electrons. The van der Waals surface area contributed by atoms with E-state index in [0.717, 1.165) is 0 Å². The second-order valence-electron chi connectivity index (χ2n) is 8.16. The minimum Gasteiger partial charge on any atom is -0.454 e. The Bertz CT molecular complexity index is 917. The Labute approximate surface area is 180 Å². The highest BCUT2D eigenvalue weighted by atomic mass is 35.5. The molecule has 0 spiro atoms. The Morgan fingerprint density at radius 2 is 1.87 bits per heavy atom. The lowest BCUT2D eigenvalue weighted by Crippen LogP contribution is -2.46. The van der Waals surface area contributed by atoms with Gasteiger partial charge in [0.05, 0.1) is 16.3 Å². The smallest absolute Gasteiger partial charge is 0.329 e. The molecule has 0 saturated heterocycles. The van der Waals surface area contributed by atoms with Gasteiger partial charge in [0.1, 0.15) is 6.04 Å². The summed E-state index contributed by atoms with van der Waals surface area (Å²) in [7, 11) is 0. The molecule has 0 fully saturated rings. The van der Waals surface area contributed by atoms with Crippen molar-refractivity contribution >= 4 is 35.3 Å². The van der Waals surface area contributed by atoms with Crippen LogP contribution in [0.4, 0.5) is 5.88 Å². The maximum absolute atomic E-state index is 12.4. The fourth-order valence-corrected chi connectivity index (χ4v) is 2.67. The SMILES string of the molecule is CC(C)C(NC(=O)c1ccccc1Cl)C(=O)OCC(=O)Nc1cc(C(C)(C)C)no1. The van der Waals surface area contributed by atoms with Crippen molar-refractivity contribution in [1.29, 1.82) is 0 Å². The van der Waals surface area contributed by atoms with Gasteiger partial charge in [-0.3, -0.25) is 14.9 Å². The number of hydrogen-bond acceptors (Lipinski definition) is 6. The maximum atomic E-state index is 12.4. The van der Waals surface area contributed by atoms with Crippen LogP contribution in [0.2, 0.25) is 5.02 Å². The van der Waals surface area contributed by atoms with Crippen LogP contribution >= 0.6 is 11.6 Å². The van der Waals surface area contributed by atoms with Crippen molar-refractivity contribution in [3.05, 3.63) is 46.6 Å². The summed E-state index contributed by atoms with van der Waals surface area (Å²) in [4.78, 5) is 37.0. The third-order valence-electron chi connectivity index (χ3n) is 4.21. The number of ether oxygens (including phenoxy) is 1. The predicted octanol–water partition coefficient (Wildman–Crippen LogP) is 3.56. The molecule has 0 aliphatic heterocycles. The van der Waals surface area contributed by atoms with E-state index in [1.807, 2.05) is 20.8 Å². The summed E-state index contributed by atoms with van der Waals surface area (Å²) in [5, 5.41) is 9.26. The van der Waals surface area contributed by atoms with Gasteiger partial charge in [-0.25, -0.2) is 4.79 Å². The van der Waals surface area contributed by atoms with Crippen molar-refractivity contribution in [2.45, 2.75) is 46.1 Å². The Morgan fingerprint density at radius 1 is 1.20 bits per heavy atom. The number of halogens is 1. The molecule has 2 amide bonds. The lowest BCUT2D eigenvalue weighted by Gasteiger charge is -2.21. The number of amides is 2. The van der Waals surface area contributed by atoms with Crippen molar-refractivity contribution in [2.24, 2.45) is 5.92 Å². The summed E-state index contributed by atoms with van der Waals surface area (Å²) in [6.45, 7) is 8.85. The van der Waals surface area contributed by atoms with Gasteiger partial charge in [-0.05, 0) is 18.1 Å². The molecular formula is C21H26ClN3O5. The maximum Gasteiger partial charge on any atom is 0.329 e. The Kier molecular flexibility index (Phi) is 7.61. The monoisotopic (exact) mass is 435 g/mol. The van der Waals surface area contributed by atoms with Crippen LogP contribution in [0.1, 0.15) is 50.7 Å². The van der Waals surface area contributed by atoms with Gasteiger partial charge < -0.3 is 14.6 Å². The molecule has 2 aromatic rings. The largest absolute Gasteiger partial charge is 0.454 e. The molecule has 1 unspecified atom stereocenters. The minimum absolute atomic E-state index is 0.161. The Hall–Kier alpha value is -2.87. The van der Waals surface area contributed by atoms with Crippen molar-refractivity contribution < 1.29 is 23.6 Å². The number of aromatic nitrogens is 1. The van der Waals surface area contributed by atoms with Crippen molar-refractivity contribution in [1.82, 2.24) is 10.5 Å². The van der Waals surface area contributed by atoms with Crippen molar-refractivity contribution in [3.63, 3.8) is 0 Å². The highest BCUT2D eigenvalue weighted by molar-refractivity contribution is 6.33. The van der Waals surface area contributed by atoms with E-state index in [1.54, 1.807) is 44.2 Å². The van der Waals surface area contributed by atoms with Crippen LogP contribution in [0.5, 0.6) is 0 Å². The van der Waals surface area contributed by atoms with Gasteiger partial charge in [0.2, 0.25) is 5.88 Å². The van der Waals surface area contributed by atoms with Gasteiger partial charge in [-0.15, -0.1) is 0 Å². The normalized spacial score (nSPS) is 12.4. The molecule has 0 radical (unpaired) electrons. The first-order chi connectivity index (χ1) is 14.0. The number of nitrogens with zero attached hydrogens (tertiary/aromatic N) is 1. The number of hydrogen-bond donors (Lipinski definition) is 2. The summed E-state index contributed by atoms with van der Waals surface area (Å²) in [6, 6.07) is 7.17. The predicted molar refractivity (Wildman–Crippen MR) is 112 cm³/mol. The number of nitrogens with one attached hydrogen (secondary N) is 2.